The van der Waals surface area contributed by atoms with Crippen molar-refractivity contribution in [2.24, 2.45) is 0 Å². The number of rotatable bonds is 4. The lowest BCUT2D eigenvalue weighted by Gasteiger charge is -2.18. The molecule has 1 fully saturated rings. The number of pyridine rings is 1. The van der Waals surface area contributed by atoms with Gasteiger partial charge in [0.05, 0.1) is 29.0 Å². The molecule has 0 saturated carbocycles. The largest absolute Gasteiger partial charge is 0.392 e. The molecule has 0 unspecified atom stereocenters. The number of amides is 2. The molecule has 1 saturated heterocycles. The Balaban J connectivity index is 1.67. The van der Waals surface area contributed by atoms with Crippen LogP contribution in [0.1, 0.15) is 18.4 Å². The summed E-state index contributed by atoms with van der Waals surface area (Å²) >= 11 is 0. The number of imide groups is 1. The third kappa shape index (κ3) is 3.07. The molecule has 0 aliphatic carbocycles. The van der Waals surface area contributed by atoms with Crippen LogP contribution >= 0.6 is 0 Å². The van der Waals surface area contributed by atoms with Gasteiger partial charge in [0.25, 0.3) is 0 Å². The summed E-state index contributed by atoms with van der Waals surface area (Å²) in [6, 6.07) is 21.0. The molecule has 0 atom stereocenters. The van der Waals surface area contributed by atoms with E-state index in [0.29, 0.717) is 16.9 Å². The second-order valence-corrected chi connectivity index (χ2v) is 7.32. The van der Waals surface area contributed by atoms with Gasteiger partial charge in [-0.3, -0.25) is 14.5 Å². The first-order chi connectivity index (χ1) is 14.6. The van der Waals surface area contributed by atoms with Crippen molar-refractivity contribution in [3.05, 3.63) is 72.3 Å². The maximum Gasteiger partial charge on any atom is 0.234 e. The van der Waals surface area contributed by atoms with Crippen molar-refractivity contribution >= 4 is 50.7 Å². The van der Waals surface area contributed by atoms with E-state index in [2.05, 4.69) is 5.32 Å². The van der Waals surface area contributed by atoms with Crippen LogP contribution in [0.25, 0.3) is 21.8 Å². The summed E-state index contributed by atoms with van der Waals surface area (Å²) in [5.41, 5.74) is 4.38. The van der Waals surface area contributed by atoms with E-state index in [0.717, 1.165) is 27.5 Å². The zero-order chi connectivity index (χ0) is 20.7. The number of carbonyl (C=O) groups is 2. The van der Waals surface area contributed by atoms with Gasteiger partial charge >= 0.3 is 0 Å². The Labute approximate surface area is 172 Å². The molecule has 6 nitrogen and oxygen atoms in total. The molecule has 4 aromatic rings. The molecular weight excluding hydrogens is 378 g/mol. The zero-order valence-electron chi connectivity index (χ0n) is 16.1. The van der Waals surface area contributed by atoms with E-state index >= 15 is 0 Å². The predicted molar refractivity (Wildman–Crippen MR) is 117 cm³/mol. The van der Waals surface area contributed by atoms with Crippen LogP contribution in [0.4, 0.5) is 17.1 Å². The van der Waals surface area contributed by atoms with Crippen molar-refractivity contribution < 1.29 is 14.7 Å². The highest BCUT2D eigenvalue weighted by molar-refractivity contribution is 6.20. The summed E-state index contributed by atoms with van der Waals surface area (Å²) in [6.07, 6.45) is 0.426. The third-order valence-corrected chi connectivity index (χ3v) is 5.33. The summed E-state index contributed by atoms with van der Waals surface area (Å²) in [7, 11) is 0. The van der Waals surface area contributed by atoms with E-state index in [1.54, 1.807) is 12.1 Å². The highest BCUT2D eigenvalue weighted by Crippen LogP contribution is 2.35. The average molecular weight is 397 g/mol. The minimum Gasteiger partial charge on any atom is -0.392 e. The smallest absolute Gasteiger partial charge is 0.234 e. The number of carbonyl (C=O) groups excluding carboxylic acids is 2. The van der Waals surface area contributed by atoms with Crippen molar-refractivity contribution in [2.45, 2.75) is 19.4 Å². The fourth-order valence-electron chi connectivity index (χ4n) is 3.95. The minimum absolute atomic E-state index is 0.198. The number of para-hydroxylation sites is 2. The Kier molecular flexibility index (Phi) is 4.41. The quantitative estimate of drug-likeness (QED) is 0.397. The van der Waals surface area contributed by atoms with E-state index in [1.807, 2.05) is 54.6 Å². The van der Waals surface area contributed by atoms with Crippen molar-refractivity contribution in [3.63, 3.8) is 0 Å². The van der Waals surface area contributed by atoms with Gasteiger partial charge in [0.15, 0.2) is 0 Å². The van der Waals surface area contributed by atoms with Gasteiger partial charge in [0, 0.05) is 29.3 Å². The van der Waals surface area contributed by atoms with Gasteiger partial charge in [-0.15, -0.1) is 0 Å². The number of anilines is 3. The Morgan fingerprint density at radius 3 is 2.07 bits per heavy atom. The van der Waals surface area contributed by atoms with Crippen molar-refractivity contribution in [1.29, 1.82) is 0 Å². The first-order valence-corrected chi connectivity index (χ1v) is 9.79. The highest BCUT2D eigenvalue weighted by atomic mass is 16.3. The van der Waals surface area contributed by atoms with Crippen LogP contribution in [0.5, 0.6) is 0 Å². The Morgan fingerprint density at radius 2 is 1.47 bits per heavy atom. The summed E-state index contributed by atoms with van der Waals surface area (Å²) < 4.78 is 0. The normalized spacial score (nSPS) is 14.1. The summed E-state index contributed by atoms with van der Waals surface area (Å²) in [6.45, 7) is -0.198. The fourth-order valence-corrected chi connectivity index (χ4v) is 3.95. The molecule has 2 amide bonds. The highest BCUT2D eigenvalue weighted by Gasteiger charge is 2.30. The van der Waals surface area contributed by atoms with Crippen LogP contribution in [0.2, 0.25) is 0 Å². The van der Waals surface area contributed by atoms with Crippen LogP contribution in [0.3, 0.4) is 0 Å². The molecule has 1 aliphatic heterocycles. The lowest BCUT2D eigenvalue weighted by molar-refractivity contribution is -0.121. The lowest BCUT2D eigenvalue weighted by atomic mass is 10.1. The van der Waals surface area contributed by atoms with Crippen LogP contribution in [0.15, 0.2) is 66.7 Å². The van der Waals surface area contributed by atoms with Crippen molar-refractivity contribution in [3.8, 4) is 0 Å². The molecule has 0 spiro atoms. The van der Waals surface area contributed by atoms with E-state index in [4.69, 9.17) is 4.98 Å². The molecule has 30 heavy (non-hydrogen) atoms. The maximum absolute atomic E-state index is 12.2. The molecule has 0 radical (unpaired) electrons. The summed E-state index contributed by atoms with van der Waals surface area (Å²) in [5.74, 6) is -0.443. The number of nitrogens with one attached hydrogen (secondary N) is 1. The molecule has 1 aromatic heterocycles. The summed E-state index contributed by atoms with van der Waals surface area (Å²) in [5, 5.41) is 15.1. The van der Waals surface area contributed by atoms with Gasteiger partial charge in [-0.25, -0.2) is 4.98 Å². The van der Waals surface area contributed by atoms with Crippen LogP contribution in [0, 0.1) is 0 Å². The van der Waals surface area contributed by atoms with E-state index in [1.165, 1.54) is 4.90 Å². The number of hydrogen-bond acceptors (Lipinski definition) is 5. The Hall–Kier alpha value is -3.77. The fraction of sp³-hybridized carbons (Fsp3) is 0.125. The summed E-state index contributed by atoms with van der Waals surface area (Å²) in [4.78, 5) is 30.4. The van der Waals surface area contributed by atoms with Gasteiger partial charge in [-0.05, 0) is 35.9 Å². The molecule has 5 rings (SSSR count). The molecule has 6 heteroatoms. The average Bonchev–Trinajstić information content (AvgIpc) is 3.11. The molecule has 3 aromatic carbocycles. The number of fused-ring (bicyclic) bond motifs is 2. The molecule has 2 heterocycles. The first-order valence-electron chi connectivity index (χ1n) is 9.79. The van der Waals surface area contributed by atoms with Crippen molar-refractivity contribution in [1.82, 2.24) is 4.98 Å². The van der Waals surface area contributed by atoms with Gasteiger partial charge in [-0.1, -0.05) is 36.4 Å². The topological polar surface area (TPSA) is 82.5 Å². The standard InChI is InChI=1S/C24H19N3O3/c28-14-15-11-16(13-17(12-15)27-22(29)9-10-23(27)30)25-24-18-5-1-3-7-20(18)26-21-8-4-2-6-19(21)24/h1-8,11-13,28H,9-10,14H2,(H,25,26). The van der Waals surface area contributed by atoms with Crippen molar-refractivity contribution in [2.75, 3.05) is 10.2 Å². The molecular formula is C24H19N3O3. The zero-order valence-corrected chi connectivity index (χ0v) is 16.1. The monoisotopic (exact) mass is 397 g/mol. The molecule has 0 bridgehead atoms. The number of nitrogens with zero attached hydrogens (tertiary/aromatic N) is 2. The predicted octanol–water partition coefficient (Wildman–Crippen LogP) is 4.28. The maximum atomic E-state index is 12.2. The molecule has 2 N–H and O–H groups in total. The van der Waals surface area contributed by atoms with E-state index in [9.17, 15) is 14.7 Å². The van der Waals surface area contributed by atoms with Gasteiger partial charge in [0.1, 0.15) is 0 Å². The number of benzene rings is 3. The number of aromatic nitrogens is 1. The number of aliphatic hydroxyl groups excluding tert-OH is 1. The van der Waals surface area contributed by atoms with Crippen LogP contribution in [-0.2, 0) is 16.2 Å². The number of aliphatic hydroxyl groups is 1. The van der Waals surface area contributed by atoms with E-state index < -0.39 is 0 Å². The third-order valence-electron chi connectivity index (χ3n) is 5.33. The van der Waals surface area contributed by atoms with Gasteiger partial charge in [0.2, 0.25) is 11.8 Å². The van der Waals surface area contributed by atoms with Crippen LogP contribution < -0.4 is 10.2 Å². The second kappa shape index (κ2) is 7.24. The van der Waals surface area contributed by atoms with E-state index in [-0.39, 0.29) is 31.3 Å². The number of hydrogen-bond donors (Lipinski definition) is 2. The lowest BCUT2D eigenvalue weighted by Crippen LogP contribution is -2.28. The molecule has 148 valence electrons. The van der Waals surface area contributed by atoms with Crippen LogP contribution in [-0.4, -0.2) is 21.9 Å². The Bertz CT molecular complexity index is 1250. The minimum atomic E-state index is -0.221. The Morgan fingerprint density at radius 1 is 0.867 bits per heavy atom. The first kappa shape index (κ1) is 18.3. The molecule has 1 aliphatic rings. The second-order valence-electron chi connectivity index (χ2n) is 7.32. The van der Waals surface area contributed by atoms with Gasteiger partial charge in [-0.2, -0.15) is 0 Å². The van der Waals surface area contributed by atoms with Gasteiger partial charge < -0.3 is 10.4 Å². The SMILES string of the molecule is O=C1CCC(=O)N1c1cc(CO)cc(Nc2c3ccccc3nc3ccccc23)c1.